The minimum atomic E-state index is 0.0637. The van der Waals surface area contributed by atoms with Crippen molar-refractivity contribution >= 4 is 17.5 Å². The van der Waals surface area contributed by atoms with Gasteiger partial charge in [0.2, 0.25) is 11.2 Å². The molecule has 2 rings (SSSR count). The van der Waals surface area contributed by atoms with E-state index in [4.69, 9.17) is 16.3 Å². The van der Waals surface area contributed by atoms with Gasteiger partial charge in [-0.05, 0) is 38.3 Å². The molecule has 1 N–H and O–H groups in total. The molecular weight excluding hydrogens is 240 g/mol. The molecule has 1 aliphatic rings. The van der Waals surface area contributed by atoms with Crippen LogP contribution in [0, 0.1) is 0 Å². The molecule has 0 spiro atoms. The predicted octanol–water partition coefficient (Wildman–Crippen LogP) is 2.67. The van der Waals surface area contributed by atoms with Crippen LogP contribution in [0.25, 0.3) is 0 Å². The molecular formula is C11H17ClN4O. The van der Waals surface area contributed by atoms with Crippen LogP contribution in [0.2, 0.25) is 5.28 Å². The summed E-state index contributed by atoms with van der Waals surface area (Å²) in [6.45, 7) is 4.57. The Morgan fingerprint density at radius 3 is 2.65 bits per heavy atom. The average Bonchev–Trinajstić information content (AvgIpc) is 2.64. The maximum absolute atomic E-state index is 5.83. The number of hydrogen-bond donors (Lipinski definition) is 1. The Kier molecular flexibility index (Phi) is 3.66. The molecule has 1 aromatic rings. The van der Waals surface area contributed by atoms with Gasteiger partial charge in [-0.15, -0.1) is 0 Å². The molecule has 1 aliphatic carbocycles. The van der Waals surface area contributed by atoms with Crippen molar-refractivity contribution in [1.82, 2.24) is 15.0 Å². The van der Waals surface area contributed by atoms with E-state index in [2.05, 4.69) is 27.2 Å². The summed E-state index contributed by atoms with van der Waals surface area (Å²) >= 11 is 5.83. The summed E-state index contributed by atoms with van der Waals surface area (Å²) in [5.41, 5.74) is 0.0637. The number of anilines is 1. The Morgan fingerprint density at radius 2 is 2.00 bits per heavy atom. The van der Waals surface area contributed by atoms with Crippen LogP contribution in [0.4, 0.5) is 5.95 Å². The first-order valence-electron chi connectivity index (χ1n) is 5.94. The summed E-state index contributed by atoms with van der Waals surface area (Å²) in [6, 6.07) is 0.275. The van der Waals surface area contributed by atoms with Crippen LogP contribution >= 0.6 is 11.6 Å². The number of rotatable bonds is 4. The summed E-state index contributed by atoms with van der Waals surface area (Å²) in [7, 11) is 0. The third-order valence-corrected chi connectivity index (χ3v) is 3.15. The highest BCUT2D eigenvalue weighted by molar-refractivity contribution is 6.28. The normalized spacial score (nSPS) is 18.1. The van der Waals surface area contributed by atoms with Gasteiger partial charge in [0.25, 0.3) is 0 Å². The van der Waals surface area contributed by atoms with Crippen LogP contribution in [-0.2, 0) is 0 Å². The zero-order valence-corrected chi connectivity index (χ0v) is 10.9. The van der Waals surface area contributed by atoms with Crippen LogP contribution < -0.4 is 10.1 Å². The third-order valence-electron chi connectivity index (χ3n) is 2.98. The number of aromatic nitrogens is 3. The van der Waals surface area contributed by atoms with Crippen molar-refractivity contribution in [3.8, 4) is 6.01 Å². The van der Waals surface area contributed by atoms with Crippen LogP contribution in [0.1, 0.15) is 39.5 Å². The van der Waals surface area contributed by atoms with Crippen molar-refractivity contribution in [2.75, 3.05) is 11.9 Å². The largest absolute Gasteiger partial charge is 0.464 e. The number of halogens is 1. The van der Waals surface area contributed by atoms with E-state index in [0.717, 1.165) is 12.8 Å². The van der Waals surface area contributed by atoms with Gasteiger partial charge in [-0.1, -0.05) is 12.8 Å². The molecule has 0 bridgehead atoms. The van der Waals surface area contributed by atoms with Crippen LogP contribution in [-0.4, -0.2) is 27.1 Å². The van der Waals surface area contributed by atoms with E-state index in [1.54, 1.807) is 0 Å². The molecule has 5 nitrogen and oxygen atoms in total. The standard InChI is InChI=1S/C11H17ClN4O/c1-3-17-10-14-8(12)13-9(15-10)16-11(2)6-4-5-7-11/h3-7H2,1-2H3,(H,13,14,15,16). The van der Waals surface area contributed by atoms with E-state index < -0.39 is 0 Å². The van der Waals surface area contributed by atoms with Gasteiger partial charge in [-0.25, -0.2) is 0 Å². The second-order valence-electron chi connectivity index (χ2n) is 4.54. The summed E-state index contributed by atoms with van der Waals surface area (Å²) in [5.74, 6) is 0.498. The first-order chi connectivity index (χ1) is 8.11. The number of hydrogen-bond acceptors (Lipinski definition) is 5. The topological polar surface area (TPSA) is 59.9 Å². The molecule has 0 aliphatic heterocycles. The van der Waals surface area contributed by atoms with Crippen LogP contribution in [0.5, 0.6) is 6.01 Å². The number of nitrogens with one attached hydrogen (secondary N) is 1. The highest BCUT2D eigenvalue weighted by Gasteiger charge is 2.29. The molecule has 0 amide bonds. The molecule has 6 heteroatoms. The molecule has 0 radical (unpaired) electrons. The van der Waals surface area contributed by atoms with Crippen molar-refractivity contribution in [3.05, 3.63) is 5.28 Å². The Balaban J connectivity index is 2.14. The van der Waals surface area contributed by atoms with Crippen molar-refractivity contribution in [2.45, 2.75) is 45.1 Å². The molecule has 0 saturated heterocycles. The monoisotopic (exact) mass is 256 g/mol. The Morgan fingerprint density at radius 1 is 1.29 bits per heavy atom. The first-order valence-corrected chi connectivity index (χ1v) is 6.32. The lowest BCUT2D eigenvalue weighted by Crippen LogP contribution is -2.31. The van der Waals surface area contributed by atoms with Gasteiger partial charge < -0.3 is 10.1 Å². The fourth-order valence-electron chi connectivity index (χ4n) is 2.13. The SMILES string of the molecule is CCOc1nc(Cl)nc(NC2(C)CCCC2)n1. The third kappa shape index (κ3) is 3.19. The lowest BCUT2D eigenvalue weighted by Gasteiger charge is -2.25. The molecule has 1 heterocycles. The van der Waals surface area contributed by atoms with Gasteiger partial charge >= 0.3 is 6.01 Å². The summed E-state index contributed by atoms with van der Waals surface area (Å²) in [6.07, 6.45) is 4.72. The number of nitrogens with zero attached hydrogens (tertiary/aromatic N) is 3. The fraction of sp³-hybridized carbons (Fsp3) is 0.727. The molecule has 1 fully saturated rings. The second-order valence-corrected chi connectivity index (χ2v) is 4.87. The van der Waals surface area contributed by atoms with Crippen molar-refractivity contribution in [2.24, 2.45) is 0 Å². The molecule has 1 aromatic heterocycles. The number of ether oxygens (including phenoxy) is 1. The van der Waals surface area contributed by atoms with Gasteiger partial charge in [0, 0.05) is 5.54 Å². The van der Waals surface area contributed by atoms with Gasteiger partial charge in [0.05, 0.1) is 6.61 Å². The second kappa shape index (κ2) is 5.04. The zero-order valence-electron chi connectivity index (χ0n) is 10.2. The van der Waals surface area contributed by atoms with E-state index in [0.29, 0.717) is 12.6 Å². The van der Waals surface area contributed by atoms with Gasteiger partial charge in [-0.3, -0.25) is 0 Å². The lowest BCUT2D eigenvalue weighted by molar-refractivity contribution is 0.311. The molecule has 0 atom stereocenters. The molecule has 1 saturated carbocycles. The van der Waals surface area contributed by atoms with E-state index in [9.17, 15) is 0 Å². The van der Waals surface area contributed by atoms with Crippen molar-refractivity contribution < 1.29 is 4.74 Å². The highest BCUT2D eigenvalue weighted by Crippen LogP contribution is 2.31. The molecule has 94 valence electrons. The van der Waals surface area contributed by atoms with Crippen LogP contribution in [0.3, 0.4) is 0 Å². The minimum absolute atomic E-state index is 0.0637. The lowest BCUT2D eigenvalue weighted by atomic mass is 10.0. The molecule has 17 heavy (non-hydrogen) atoms. The summed E-state index contributed by atoms with van der Waals surface area (Å²) in [5, 5.41) is 3.49. The van der Waals surface area contributed by atoms with E-state index >= 15 is 0 Å². The van der Waals surface area contributed by atoms with Crippen molar-refractivity contribution in [1.29, 1.82) is 0 Å². The first kappa shape index (κ1) is 12.4. The smallest absolute Gasteiger partial charge is 0.322 e. The Hall–Kier alpha value is -1.10. The maximum Gasteiger partial charge on any atom is 0.322 e. The Bertz CT molecular complexity index is 393. The van der Waals surface area contributed by atoms with E-state index in [1.807, 2.05) is 6.92 Å². The Labute approximate surface area is 106 Å². The fourth-order valence-corrected chi connectivity index (χ4v) is 2.28. The van der Waals surface area contributed by atoms with E-state index in [1.165, 1.54) is 12.8 Å². The maximum atomic E-state index is 5.83. The zero-order chi connectivity index (χ0) is 12.3. The molecule has 0 unspecified atom stereocenters. The van der Waals surface area contributed by atoms with Crippen molar-refractivity contribution in [3.63, 3.8) is 0 Å². The van der Waals surface area contributed by atoms with Gasteiger partial charge in [0.1, 0.15) is 0 Å². The predicted molar refractivity (Wildman–Crippen MR) is 66.5 cm³/mol. The highest BCUT2D eigenvalue weighted by atomic mass is 35.5. The summed E-state index contributed by atoms with van der Waals surface area (Å²) in [4.78, 5) is 12.2. The van der Waals surface area contributed by atoms with Gasteiger partial charge in [0.15, 0.2) is 0 Å². The quantitative estimate of drug-likeness (QED) is 0.898. The van der Waals surface area contributed by atoms with Gasteiger partial charge in [-0.2, -0.15) is 15.0 Å². The minimum Gasteiger partial charge on any atom is -0.464 e. The van der Waals surface area contributed by atoms with Crippen LogP contribution in [0.15, 0.2) is 0 Å². The van der Waals surface area contributed by atoms with E-state index in [-0.39, 0.29) is 16.8 Å². The molecule has 0 aromatic carbocycles. The summed E-state index contributed by atoms with van der Waals surface area (Å²) < 4.78 is 5.24. The average molecular weight is 257 g/mol.